The fourth-order valence-corrected chi connectivity index (χ4v) is 2.06. The molecule has 3 nitrogen and oxygen atoms in total. The van der Waals surface area contributed by atoms with Crippen LogP contribution in [-0.2, 0) is 4.74 Å². The number of nitrogens with two attached hydrogens (primary N) is 1. The Balaban J connectivity index is 3.33. The lowest BCUT2D eigenvalue weighted by molar-refractivity contribution is 0.0141. The molecule has 3 N–H and O–H groups in total. The third kappa shape index (κ3) is 14.0. The summed E-state index contributed by atoms with van der Waals surface area (Å²) < 4.78 is 28.6. The van der Waals surface area contributed by atoms with Crippen molar-refractivity contribution in [3.63, 3.8) is 0 Å². The van der Waals surface area contributed by atoms with Gasteiger partial charge in [-0.3, -0.25) is 11.3 Å². The minimum absolute atomic E-state index is 0.174. The monoisotopic (exact) mass is 280 g/mol. The Morgan fingerprint density at radius 3 is 2.21 bits per heavy atom. The fraction of sp³-hybridized carbons (Fsp3) is 1.00. The summed E-state index contributed by atoms with van der Waals surface area (Å²) in [6.45, 7) is 2.08. The van der Waals surface area contributed by atoms with Crippen LogP contribution in [0.1, 0.15) is 64.7 Å². The number of nitrogens with one attached hydrogen (secondary N) is 1. The Kier molecular flexibility index (Phi) is 14.0. The van der Waals surface area contributed by atoms with Crippen molar-refractivity contribution in [3.8, 4) is 0 Å². The first-order valence-corrected chi connectivity index (χ1v) is 7.52. The van der Waals surface area contributed by atoms with Gasteiger partial charge in [-0.25, -0.2) is 8.78 Å². The topological polar surface area (TPSA) is 47.3 Å². The summed E-state index contributed by atoms with van der Waals surface area (Å²) in [7, 11) is 0. The van der Waals surface area contributed by atoms with Crippen molar-refractivity contribution in [1.82, 2.24) is 5.43 Å². The summed E-state index contributed by atoms with van der Waals surface area (Å²) in [6.07, 6.45) is 8.18. The van der Waals surface area contributed by atoms with E-state index in [0.717, 1.165) is 12.8 Å². The Labute approximate surface area is 116 Å². The van der Waals surface area contributed by atoms with E-state index >= 15 is 0 Å². The lowest BCUT2D eigenvalue weighted by Crippen LogP contribution is -2.36. The van der Waals surface area contributed by atoms with Gasteiger partial charge in [-0.1, -0.05) is 51.9 Å². The molecule has 0 aromatic rings. The van der Waals surface area contributed by atoms with Crippen LogP contribution >= 0.6 is 0 Å². The maximum absolute atomic E-state index is 11.9. The molecule has 19 heavy (non-hydrogen) atoms. The number of halogens is 2. The van der Waals surface area contributed by atoms with Gasteiger partial charge in [0.15, 0.2) is 0 Å². The molecule has 0 aromatic heterocycles. The Hall–Kier alpha value is -0.260. The normalized spacial score (nSPS) is 13.1. The van der Waals surface area contributed by atoms with Gasteiger partial charge in [0.1, 0.15) is 6.61 Å². The Bertz CT molecular complexity index is 183. The van der Waals surface area contributed by atoms with Gasteiger partial charge in [0.2, 0.25) is 0 Å². The number of hydrogen-bond acceptors (Lipinski definition) is 3. The van der Waals surface area contributed by atoms with E-state index in [9.17, 15) is 8.78 Å². The maximum atomic E-state index is 11.9. The molecular weight excluding hydrogens is 250 g/mol. The number of alkyl halides is 2. The van der Waals surface area contributed by atoms with Gasteiger partial charge in [0.05, 0.1) is 0 Å². The molecule has 0 aromatic carbocycles. The summed E-state index contributed by atoms with van der Waals surface area (Å²) in [5.74, 6) is 5.44. The van der Waals surface area contributed by atoms with E-state index in [-0.39, 0.29) is 6.04 Å². The van der Waals surface area contributed by atoms with E-state index in [0.29, 0.717) is 13.0 Å². The Morgan fingerprint density at radius 1 is 1.00 bits per heavy atom. The standard InChI is InChI=1S/C14H30F2N2O/c1-2-3-4-5-6-7-8-9-13(18-17)10-11-19-12-14(15)16/h13-14,18H,2-12,17H2,1H3. The van der Waals surface area contributed by atoms with Crippen molar-refractivity contribution in [2.24, 2.45) is 5.84 Å². The number of unbranched alkanes of at least 4 members (excludes halogenated alkanes) is 6. The van der Waals surface area contributed by atoms with E-state index < -0.39 is 13.0 Å². The molecule has 0 radical (unpaired) electrons. The molecule has 5 heteroatoms. The molecule has 0 saturated heterocycles. The molecule has 0 heterocycles. The largest absolute Gasteiger partial charge is 0.375 e. The second-order valence-electron chi connectivity index (χ2n) is 5.03. The third-order valence-electron chi connectivity index (χ3n) is 3.25. The summed E-state index contributed by atoms with van der Waals surface area (Å²) in [5, 5.41) is 0. The van der Waals surface area contributed by atoms with Crippen molar-refractivity contribution in [2.75, 3.05) is 13.2 Å². The van der Waals surface area contributed by atoms with Crippen molar-refractivity contribution >= 4 is 0 Å². The first kappa shape index (κ1) is 18.7. The molecule has 1 atom stereocenters. The van der Waals surface area contributed by atoms with Crippen molar-refractivity contribution in [2.45, 2.75) is 77.2 Å². The van der Waals surface area contributed by atoms with Gasteiger partial charge in [-0.2, -0.15) is 0 Å². The molecule has 0 saturated carbocycles. The highest BCUT2D eigenvalue weighted by atomic mass is 19.3. The van der Waals surface area contributed by atoms with E-state index in [4.69, 9.17) is 10.6 Å². The van der Waals surface area contributed by atoms with Gasteiger partial charge in [0, 0.05) is 12.6 Å². The van der Waals surface area contributed by atoms with Gasteiger partial charge in [-0.05, 0) is 12.8 Å². The molecule has 0 fully saturated rings. The number of hydrogen-bond donors (Lipinski definition) is 2. The third-order valence-corrected chi connectivity index (χ3v) is 3.25. The van der Waals surface area contributed by atoms with Gasteiger partial charge in [-0.15, -0.1) is 0 Å². The average Bonchev–Trinajstić information content (AvgIpc) is 2.39. The first-order valence-electron chi connectivity index (χ1n) is 7.52. The average molecular weight is 280 g/mol. The molecule has 0 rings (SSSR count). The van der Waals surface area contributed by atoms with Crippen molar-refractivity contribution in [1.29, 1.82) is 0 Å². The summed E-state index contributed by atoms with van der Waals surface area (Å²) >= 11 is 0. The zero-order valence-electron chi connectivity index (χ0n) is 12.2. The molecule has 0 amide bonds. The fourth-order valence-electron chi connectivity index (χ4n) is 2.06. The smallest absolute Gasteiger partial charge is 0.261 e. The zero-order valence-corrected chi connectivity index (χ0v) is 12.2. The highest BCUT2D eigenvalue weighted by Gasteiger charge is 2.07. The minimum Gasteiger partial charge on any atom is -0.375 e. The highest BCUT2D eigenvalue weighted by molar-refractivity contribution is 4.63. The molecule has 0 aliphatic rings. The van der Waals surface area contributed by atoms with E-state index in [1.807, 2.05) is 0 Å². The SMILES string of the molecule is CCCCCCCCCC(CCOCC(F)F)NN. The predicted molar refractivity (Wildman–Crippen MR) is 75.2 cm³/mol. The van der Waals surface area contributed by atoms with E-state index in [1.54, 1.807) is 0 Å². The molecule has 0 bridgehead atoms. The molecule has 116 valence electrons. The van der Waals surface area contributed by atoms with Gasteiger partial charge < -0.3 is 4.74 Å². The summed E-state index contributed by atoms with van der Waals surface area (Å²) in [4.78, 5) is 0. The van der Waals surface area contributed by atoms with Crippen LogP contribution in [0.3, 0.4) is 0 Å². The van der Waals surface area contributed by atoms with Crippen LogP contribution in [0.4, 0.5) is 8.78 Å². The van der Waals surface area contributed by atoms with Crippen LogP contribution < -0.4 is 11.3 Å². The van der Waals surface area contributed by atoms with Crippen molar-refractivity contribution in [3.05, 3.63) is 0 Å². The minimum atomic E-state index is -2.38. The zero-order chi connectivity index (χ0) is 14.3. The quantitative estimate of drug-likeness (QED) is 0.290. The Morgan fingerprint density at radius 2 is 1.63 bits per heavy atom. The van der Waals surface area contributed by atoms with E-state index in [2.05, 4.69) is 12.3 Å². The number of ether oxygens (including phenoxy) is 1. The van der Waals surface area contributed by atoms with Crippen LogP contribution in [0, 0.1) is 0 Å². The second-order valence-corrected chi connectivity index (χ2v) is 5.03. The number of rotatable bonds is 14. The van der Waals surface area contributed by atoms with Crippen molar-refractivity contribution < 1.29 is 13.5 Å². The lowest BCUT2D eigenvalue weighted by atomic mass is 10.0. The first-order chi connectivity index (χ1) is 9.20. The second kappa shape index (κ2) is 14.2. The van der Waals surface area contributed by atoms with Crippen LogP contribution in [0.15, 0.2) is 0 Å². The molecular formula is C14H30F2N2O. The lowest BCUT2D eigenvalue weighted by Gasteiger charge is -2.15. The van der Waals surface area contributed by atoms with E-state index in [1.165, 1.54) is 38.5 Å². The van der Waals surface area contributed by atoms with Gasteiger partial charge >= 0.3 is 0 Å². The maximum Gasteiger partial charge on any atom is 0.261 e. The van der Waals surface area contributed by atoms with Crippen LogP contribution in [-0.4, -0.2) is 25.7 Å². The summed E-state index contributed by atoms with van der Waals surface area (Å²) in [6, 6.07) is 0.174. The highest BCUT2D eigenvalue weighted by Crippen LogP contribution is 2.11. The molecule has 0 aliphatic carbocycles. The predicted octanol–water partition coefficient (Wildman–Crippen LogP) is 3.63. The van der Waals surface area contributed by atoms with Gasteiger partial charge in [0.25, 0.3) is 6.43 Å². The number of hydrazine groups is 1. The van der Waals surface area contributed by atoms with Crippen LogP contribution in [0.2, 0.25) is 0 Å². The molecule has 1 unspecified atom stereocenters. The molecule has 0 spiro atoms. The molecule has 0 aliphatic heterocycles. The van der Waals surface area contributed by atoms with Crippen LogP contribution in [0.25, 0.3) is 0 Å². The summed E-state index contributed by atoms with van der Waals surface area (Å²) in [5.41, 5.74) is 2.73. The van der Waals surface area contributed by atoms with Crippen LogP contribution in [0.5, 0.6) is 0 Å².